The summed E-state index contributed by atoms with van der Waals surface area (Å²) >= 11 is 0. The van der Waals surface area contributed by atoms with Crippen LogP contribution in [0.25, 0.3) is 0 Å². The molecule has 0 amide bonds. The van der Waals surface area contributed by atoms with Crippen molar-refractivity contribution in [3.63, 3.8) is 0 Å². The SMILES string of the molecule is CNc1cccc(F)c1COc1ccccn1. The van der Waals surface area contributed by atoms with Crippen LogP contribution in [-0.2, 0) is 6.61 Å². The quantitative estimate of drug-likeness (QED) is 0.880. The van der Waals surface area contributed by atoms with Crippen molar-refractivity contribution >= 4 is 5.69 Å². The van der Waals surface area contributed by atoms with Crippen LogP contribution in [0.2, 0.25) is 0 Å². The summed E-state index contributed by atoms with van der Waals surface area (Å²) in [5.74, 6) is 0.200. The minimum absolute atomic E-state index is 0.153. The largest absolute Gasteiger partial charge is 0.473 e. The molecule has 2 rings (SSSR count). The first-order valence-corrected chi connectivity index (χ1v) is 5.30. The van der Waals surface area contributed by atoms with Gasteiger partial charge in [0, 0.05) is 30.6 Å². The van der Waals surface area contributed by atoms with Crippen LogP contribution >= 0.6 is 0 Å². The Hall–Kier alpha value is -2.10. The highest BCUT2D eigenvalue weighted by Crippen LogP contribution is 2.20. The number of aromatic nitrogens is 1. The molecule has 3 nitrogen and oxygen atoms in total. The highest BCUT2D eigenvalue weighted by Gasteiger charge is 2.08. The Morgan fingerprint density at radius 1 is 1.24 bits per heavy atom. The van der Waals surface area contributed by atoms with Crippen molar-refractivity contribution in [1.82, 2.24) is 4.98 Å². The van der Waals surface area contributed by atoms with E-state index in [-0.39, 0.29) is 12.4 Å². The second-order valence-electron chi connectivity index (χ2n) is 3.47. The molecule has 0 saturated heterocycles. The van der Waals surface area contributed by atoms with Gasteiger partial charge in [0.25, 0.3) is 0 Å². The van der Waals surface area contributed by atoms with E-state index in [1.807, 2.05) is 6.07 Å². The third-order valence-electron chi connectivity index (χ3n) is 2.39. The molecule has 0 bridgehead atoms. The minimum Gasteiger partial charge on any atom is -0.473 e. The van der Waals surface area contributed by atoms with Gasteiger partial charge in [-0.2, -0.15) is 0 Å². The molecule has 0 saturated carbocycles. The van der Waals surface area contributed by atoms with Gasteiger partial charge in [-0.05, 0) is 18.2 Å². The third-order valence-corrected chi connectivity index (χ3v) is 2.39. The summed E-state index contributed by atoms with van der Waals surface area (Å²) in [4.78, 5) is 4.01. The van der Waals surface area contributed by atoms with E-state index >= 15 is 0 Å². The topological polar surface area (TPSA) is 34.1 Å². The number of nitrogens with zero attached hydrogens (tertiary/aromatic N) is 1. The smallest absolute Gasteiger partial charge is 0.213 e. The second kappa shape index (κ2) is 5.30. The zero-order chi connectivity index (χ0) is 12.1. The van der Waals surface area contributed by atoms with Crippen LogP contribution in [0.1, 0.15) is 5.56 Å². The molecule has 1 N–H and O–H groups in total. The molecule has 0 aliphatic rings. The fourth-order valence-electron chi connectivity index (χ4n) is 1.52. The van der Waals surface area contributed by atoms with Crippen LogP contribution in [-0.4, -0.2) is 12.0 Å². The van der Waals surface area contributed by atoms with E-state index in [0.29, 0.717) is 11.4 Å². The first kappa shape index (κ1) is 11.4. The van der Waals surface area contributed by atoms with Gasteiger partial charge in [0.2, 0.25) is 5.88 Å². The van der Waals surface area contributed by atoms with Crippen molar-refractivity contribution < 1.29 is 9.13 Å². The molecular formula is C13H13FN2O. The molecule has 0 radical (unpaired) electrons. The van der Waals surface area contributed by atoms with Crippen molar-refractivity contribution in [1.29, 1.82) is 0 Å². The summed E-state index contributed by atoms with van der Waals surface area (Å²) in [6.07, 6.45) is 1.63. The fraction of sp³-hybridized carbons (Fsp3) is 0.154. The maximum Gasteiger partial charge on any atom is 0.213 e. The number of halogens is 1. The summed E-state index contributed by atoms with van der Waals surface area (Å²) in [6.45, 7) is 0.153. The summed E-state index contributed by atoms with van der Waals surface area (Å²) < 4.78 is 19.0. The third kappa shape index (κ3) is 2.72. The number of anilines is 1. The molecule has 0 aliphatic heterocycles. The van der Waals surface area contributed by atoms with Crippen molar-refractivity contribution in [3.8, 4) is 5.88 Å². The minimum atomic E-state index is -0.284. The number of pyridine rings is 1. The molecule has 1 aromatic heterocycles. The molecule has 88 valence electrons. The molecule has 0 spiro atoms. The molecule has 0 fully saturated rings. The number of hydrogen-bond donors (Lipinski definition) is 1. The van der Waals surface area contributed by atoms with Gasteiger partial charge >= 0.3 is 0 Å². The Morgan fingerprint density at radius 2 is 2.12 bits per heavy atom. The predicted octanol–water partition coefficient (Wildman–Crippen LogP) is 2.84. The van der Waals surface area contributed by atoms with Crippen molar-refractivity contribution in [2.45, 2.75) is 6.61 Å². The van der Waals surface area contributed by atoms with Gasteiger partial charge in [-0.25, -0.2) is 9.37 Å². The lowest BCUT2D eigenvalue weighted by Crippen LogP contribution is -2.04. The average molecular weight is 232 g/mol. The van der Waals surface area contributed by atoms with Crippen LogP contribution in [0.4, 0.5) is 10.1 Å². The van der Waals surface area contributed by atoms with E-state index in [1.54, 1.807) is 37.5 Å². The number of benzene rings is 1. The van der Waals surface area contributed by atoms with E-state index < -0.39 is 0 Å². The molecule has 1 heterocycles. The lowest BCUT2D eigenvalue weighted by molar-refractivity contribution is 0.289. The maximum absolute atomic E-state index is 13.6. The van der Waals surface area contributed by atoms with Gasteiger partial charge in [-0.15, -0.1) is 0 Å². The van der Waals surface area contributed by atoms with Gasteiger partial charge in [0.15, 0.2) is 0 Å². The normalized spacial score (nSPS) is 10.0. The number of rotatable bonds is 4. The summed E-state index contributed by atoms with van der Waals surface area (Å²) in [7, 11) is 1.75. The zero-order valence-electron chi connectivity index (χ0n) is 9.48. The van der Waals surface area contributed by atoms with Gasteiger partial charge < -0.3 is 10.1 Å². The molecular weight excluding hydrogens is 219 g/mol. The van der Waals surface area contributed by atoms with Gasteiger partial charge in [0.1, 0.15) is 12.4 Å². The molecule has 17 heavy (non-hydrogen) atoms. The van der Waals surface area contributed by atoms with Crippen LogP contribution in [0.15, 0.2) is 42.6 Å². The average Bonchev–Trinajstić information content (AvgIpc) is 2.38. The highest BCUT2D eigenvalue weighted by atomic mass is 19.1. The molecule has 2 aromatic rings. The van der Waals surface area contributed by atoms with Crippen LogP contribution in [0.5, 0.6) is 5.88 Å². The van der Waals surface area contributed by atoms with Crippen molar-refractivity contribution in [2.24, 2.45) is 0 Å². The Morgan fingerprint density at radius 3 is 2.82 bits per heavy atom. The molecule has 0 aliphatic carbocycles. The Labute approximate surface area is 99.3 Å². The van der Waals surface area contributed by atoms with E-state index in [9.17, 15) is 4.39 Å². The molecule has 1 aromatic carbocycles. The summed E-state index contributed by atoms with van der Waals surface area (Å²) in [6, 6.07) is 10.2. The Balaban J connectivity index is 2.14. The lowest BCUT2D eigenvalue weighted by Gasteiger charge is -2.10. The lowest BCUT2D eigenvalue weighted by atomic mass is 10.2. The van der Waals surface area contributed by atoms with Gasteiger partial charge in [-0.3, -0.25) is 0 Å². The Kier molecular flexibility index (Phi) is 3.55. The van der Waals surface area contributed by atoms with E-state index in [1.165, 1.54) is 6.07 Å². The first-order valence-electron chi connectivity index (χ1n) is 5.30. The first-order chi connectivity index (χ1) is 8.31. The van der Waals surface area contributed by atoms with Gasteiger partial charge in [0.05, 0.1) is 0 Å². The molecule has 4 heteroatoms. The predicted molar refractivity (Wildman–Crippen MR) is 64.5 cm³/mol. The highest BCUT2D eigenvalue weighted by molar-refractivity contribution is 5.51. The molecule has 0 atom stereocenters. The maximum atomic E-state index is 13.6. The van der Waals surface area contributed by atoms with Crippen LogP contribution < -0.4 is 10.1 Å². The van der Waals surface area contributed by atoms with Crippen LogP contribution in [0.3, 0.4) is 0 Å². The van der Waals surface area contributed by atoms with E-state index in [4.69, 9.17) is 4.74 Å². The Bertz CT molecular complexity index is 488. The van der Waals surface area contributed by atoms with Crippen molar-refractivity contribution in [2.75, 3.05) is 12.4 Å². The van der Waals surface area contributed by atoms with Gasteiger partial charge in [-0.1, -0.05) is 12.1 Å². The fourth-order valence-corrected chi connectivity index (χ4v) is 1.52. The number of ether oxygens (including phenoxy) is 1. The molecule has 0 unspecified atom stereocenters. The number of hydrogen-bond acceptors (Lipinski definition) is 3. The zero-order valence-corrected chi connectivity index (χ0v) is 9.48. The standard InChI is InChI=1S/C13H13FN2O/c1-15-12-6-4-5-11(14)10(12)9-17-13-7-2-3-8-16-13/h2-8,15H,9H2,1H3. The summed E-state index contributed by atoms with van der Waals surface area (Å²) in [5, 5.41) is 2.93. The number of nitrogens with one attached hydrogen (secondary N) is 1. The monoisotopic (exact) mass is 232 g/mol. The van der Waals surface area contributed by atoms with Crippen molar-refractivity contribution in [3.05, 3.63) is 54.0 Å². The summed E-state index contributed by atoms with van der Waals surface area (Å²) in [5.41, 5.74) is 1.22. The van der Waals surface area contributed by atoms with E-state index in [0.717, 1.165) is 5.69 Å². The van der Waals surface area contributed by atoms with Crippen LogP contribution in [0, 0.1) is 5.82 Å². The van der Waals surface area contributed by atoms with E-state index in [2.05, 4.69) is 10.3 Å². The second-order valence-corrected chi connectivity index (χ2v) is 3.47.